The Bertz CT molecular complexity index is 1270. The Morgan fingerprint density at radius 1 is 1.09 bits per heavy atom. The van der Waals surface area contributed by atoms with Crippen molar-refractivity contribution < 1.29 is 33.1 Å². The van der Waals surface area contributed by atoms with Crippen LogP contribution in [0.15, 0.2) is 39.5 Å². The van der Waals surface area contributed by atoms with Gasteiger partial charge in [0, 0.05) is 18.2 Å². The van der Waals surface area contributed by atoms with Gasteiger partial charge in [0.25, 0.3) is 11.6 Å². The van der Waals surface area contributed by atoms with Crippen molar-refractivity contribution in [2.75, 3.05) is 28.4 Å². The fourth-order valence-corrected chi connectivity index (χ4v) is 3.18. The molecule has 3 rings (SSSR count). The number of aromatic nitrogens is 2. The number of carbonyl (C=O) groups excluding carboxylic acids is 1. The number of hydrogen-bond acceptors (Lipinski definition) is 10. The molecular formula is C21H22N4O9. The zero-order valence-corrected chi connectivity index (χ0v) is 18.8. The van der Waals surface area contributed by atoms with E-state index in [1.807, 2.05) is 0 Å². The molecule has 1 N–H and O–H groups in total. The Labute approximate surface area is 192 Å². The summed E-state index contributed by atoms with van der Waals surface area (Å²) >= 11 is 0. The van der Waals surface area contributed by atoms with Gasteiger partial charge in [-0.3, -0.25) is 14.9 Å². The van der Waals surface area contributed by atoms with Crippen LogP contribution >= 0.6 is 0 Å². The number of nitrogens with zero attached hydrogens (tertiary/aromatic N) is 3. The first-order valence-corrected chi connectivity index (χ1v) is 9.78. The van der Waals surface area contributed by atoms with Crippen LogP contribution in [0.4, 0.5) is 5.69 Å². The van der Waals surface area contributed by atoms with Crippen molar-refractivity contribution in [3.05, 3.63) is 56.6 Å². The highest BCUT2D eigenvalue weighted by molar-refractivity contribution is 5.76. The van der Waals surface area contributed by atoms with Crippen LogP contribution in [0.2, 0.25) is 0 Å². The van der Waals surface area contributed by atoms with E-state index in [0.717, 1.165) is 10.7 Å². The van der Waals surface area contributed by atoms with Crippen LogP contribution in [0.5, 0.6) is 23.0 Å². The smallest absolute Gasteiger partial charge is 0.437 e. The predicted octanol–water partition coefficient (Wildman–Crippen LogP) is 1.76. The molecule has 0 aliphatic heterocycles. The molecule has 1 aromatic heterocycles. The van der Waals surface area contributed by atoms with Crippen LogP contribution < -0.4 is 30.0 Å². The molecule has 0 aliphatic carbocycles. The maximum absolute atomic E-state index is 12.4. The van der Waals surface area contributed by atoms with E-state index >= 15 is 0 Å². The lowest BCUT2D eigenvalue weighted by Crippen LogP contribution is -2.31. The van der Waals surface area contributed by atoms with Gasteiger partial charge in [0.1, 0.15) is 12.1 Å². The largest absolute Gasteiger partial charge is 0.493 e. The zero-order chi connectivity index (χ0) is 24.8. The standard InChI is InChI=1S/C21H22N4O9/c1-30-15-7-5-6-12(19(15)33-4)10-22-18(26)11-24-21(27)34-20(23-24)13-8-16(31-2)17(32-3)9-14(13)25(28)29/h5-9H,10-11H2,1-4H3,(H,22,26). The molecule has 1 heterocycles. The number of carbonyl (C=O) groups is 1. The normalized spacial score (nSPS) is 10.5. The molecule has 0 bridgehead atoms. The first-order chi connectivity index (χ1) is 16.3. The van der Waals surface area contributed by atoms with E-state index in [-0.39, 0.29) is 29.5 Å². The quantitative estimate of drug-likeness (QED) is 0.339. The molecule has 0 aliphatic rings. The number of methoxy groups -OCH3 is 4. The molecule has 0 atom stereocenters. The first kappa shape index (κ1) is 24.1. The van der Waals surface area contributed by atoms with E-state index in [1.54, 1.807) is 18.2 Å². The van der Waals surface area contributed by atoms with Gasteiger partial charge in [-0.25, -0.2) is 4.79 Å². The summed E-state index contributed by atoms with van der Waals surface area (Å²) in [6.45, 7) is -0.379. The molecule has 0 unspecified atom stereocenters. The molecule has 0 saturated heterocycles. The molecule has 0 saturated carbocycles. The third-order valence-corrected chi connectivity index (χ3v) is 4.79. The average molecular weight is 474 g/mol. The second-order valence-corrected chi connectivity index (χ2v) is 6.74. The average Bonchev–Trinajstić information content (AvgIpc) is 3.20. The molecular weight excluding hydrogens is 452 g/mol. The maximum Gasteiger partial charge on any atom is 0.437 e. The molecule has 180 valence electrons. The summed E-state index contributed by atoms with van der Waals surface area (Å²) in [7, 11) is 5.66. The molecule has 2 aromatic carbocycles. The monoisotopic (exact) mass is 474 g/mol. The lowest BCUT2D eigenvalue weighted by molar-refractivity contribution is -0.384. The van der Waals surface area contributed by atoms with Crippen molar-refractivity contribution in [2.45, 2.75) is 13.1 Å². The van der Waals surface area contributed by atoms with Crippen molar-refractivity contribution >= 4 is 11.6 Å². The summed E-state index contributed by atoms with van der Waals surface area (Å²) in [5.41, 5.74) is 0.130. The zero-order valence-electron chi connectivity index (χ0n) is 18.8. The van der Waals surface area contributed by atoms with Gasteiger partial charge in [-0.05, 0) is 6.07 Å². The van der Waals surface area contributed by atoms with E-state index in [1.165, 1.54) is 34.5 Å². The lowest BCUT2D eigenvalue weighted by atomic mass is 10.1. The van der Waals surface area contributed by atoms with Crippen molar-refractivity contribution in [2.24, 2.45) is 0 Å². The van der Waals surface area contributed by atoms with Crippen molar-refractivity contribution in [3.8, 4) is 34.5 Å². The molecule has 34 heavy (non-hydrogen) atoms. The molecule has 0 radical (unpaired) electrons. The van der Waals surface area contributed by atoms with Gasteiger partial charge in [0.05, 0.1) is 39.4 Å². The fraction of sp³-hybridized carbons (Fsp3) is 0.286. The van der Waals surface area contributed by atoms with Gasteiger partial charge < -0.3 is 28.7 Å². The Kier molecular flexibility index (Phi) is 7.36. The molecule has 0 spiro atoms. The van der Waals surface area contributed by atoms with E-state index in [9.17, 15) is 19.7 Å². The summed E-state index contributed by atoms with van der Waals surface area (Å²) in [6.07, 6.45) is 0. The van der Waals surface area contributed by atoms with Crippen LogP contribution in [0, 0.1) is 10.1 Å². The van der Waals surface area contributed by atoms with Crippen molar-refractivity contribution in [3.63, 3.8) is 0 Å². The number of rotatable bonds is 10. The minimum absolute atomic E-state index is 0.0970. The summed E-state index contributed by atoms with van der Waals surface area (Å²) in [4.78, 5) is 35.5. The van der Waals surface area contributed by atoms with Gasteiger partial charge in [-0.1, -0.05) is 12.1 Å². The highest BCUT2D eigenvalue weighted by Crippen LogP contribution is 2.39. The van der Waals surface area contributed by atoms with Gasteiger partial charge in [0.2, 0.25) is 5.91 Å². The minimum atomic E-state index is -0.965. The van der Waals surface area contributed by atoms with Crippen LogP contribution in [0.1, 0.15) is 5.56 Å². The minimum Gasteiger partial charge on any atom is -0.493 e. The Morgan fingerprint density at radius 2 is 1.76 bits per heavy atom. The topological polar surface area (TPSA) is 157 Å². The van der Waals surface area contributed by atoms with Crippen LogP contribution in [-0.4, -0.2) is 49.1 Å². The van der Waals surface area contributed by atoms with Crippen LogP contribution in [0.3, 0.4) is 0 Å². The third kappa shape index (κ3) is 4.92. The van der Waals surface area contributed by atoms with Crippen LogP contribution in [0.25, 0.3) is 11.5 Å². The molecule has 1 amide bonds. The van der Waals surface area contributed by atoms with Gasteiger partial charge in [-0.2, -0.15) is 4.68 Å². The van der Waals surface area contributed by atoms with Gasteiger partial charge in [0.15, 0.2) is 23.0 Å². The number of nitrogens with one attached hydrogen (secondary N) is 1. The number of nitro benzene ring substituents is 1. The number of nitro groups is 1. The Hall–Kier alpha value is -4.55. The fourth-order valence-electron chi connectivity index (χ4n) is 3.18. The van der Waals surface area contributed by atoms with E-state index in [2.05, 4.69) is 10.4 Å². The van der Waals surface area contributed by atoms with Gasteiger partial charge in [-0.15, -0.1) is 5.10 Å². The lowest BCUT2D eigenvalue weighted by Gasteiger charge is -2.13. The highest BCUT2D eigenvalue weighted by Gasteiger charge is 2.25. The summed E-state index contributed by atoms with van der Waals surface area (Å²) < 4.78 is 26.6. The van der Waals surface area contributed by atoms with Crippen molar-refractivity contribution in [1.29, 1.82) is 0 Å². The summed E-state index contributed by atoms with van der Waals surface area (Å²) in [5.74, 6) is -0.603. The van der Waals surface area contributed by atoms with E-state index < -0.39 is 28.8 Å². The second-order valence-electron chi connectivity index (χ2n) is 6.74. The first-order valence-electron chi connectivity index (χ1n) is 9.78. The number of amides is 1. The molecule has 0 fully saturated rings. The SMILES string of the molecule is COc1cc(-c2nn(CC(=O)NCc3cccc(OC)c3OC)c(=O)o2)c([N+](=O)[O-])cc1OC. The molecule has 13 heteroatoms. The molecule has 13 nitrogen and oxygen atoms in total. The predicted molar refractivity (Wildman–Crippen MR) is 117 cm³/mol. The van der Waals surface area contributed by atoms with E-state index in [0.29, 0.717) is 17.1 Å². The van der Waals surface area contributed by atoms with E-state index in [4.69, 9.17) is 23.4 Å². The van der Waals surface area contributed by atoms with Crippen molar-refractivity contribution in [1.82, 2.24) is 15.1 Å². The number of benzene rings is 2. The maximum atomic E-state index is 12.4. The van der Waals surface area contributed by atoms with Crippen LogP contribution in [-0.2, 0) is 17.9 Å². The number of hydrogen-bond donors (Lipinski definition) is 1. The molecule has 3 aromatic rings. The number of ether oxygens (including phenoxy) is 4. The number of para-hydroxylation sites is 1. The van der Waals surface area contributed by atoms with Gasteiger partial charge >= 0.3 is 5.76 Å². The Balaban J connectivity index is 1.82. The summed E-state index contributed by atoms with van der Waals surface area (Å²) in [6, 6.07) is 7.60. The third-order valence-electron chi connectivity index (χ3n) is 4.79. The highest BCUT2D eigenvalue weighted by atomic mass is 16.6. The summed E-state index contributed by atoms with van der Waals surface area (Å²) in [5, 5.41) is 18.1. The Morgan fingerprint density at radius 3 is 2.38 bits per heavy atom. The second kappa shape index (κ2) is 10.4.